The summed E-state index contributed by atoms with van der Waals surface area (Å²) < 4.78 is 5.47. The van der Waals surface area contributed by atoms with E-state index in [4.69, 9.17) is 4.74 Å². The first-order chi connectivity index (χ1) is 14.5. The van der Waals surface area contributed by atoms with Crippen LogP contribution in [0.25, 0.3) is 0 Å². The number of benzene rings is 2. The van der Waals surface area contributed by atoms with E-state index in [0.717, 1.165) is 31.9 Å². The molecule has 1 atom stereocenters. The van der Waals surface area contributed by atoms with Crippen LogP contribution >= 0.6 is 0 Å². The molecule has 1 aliphatic rings. The van der Waals surface area contributed by atoms with Crippen molar-refractivity contribution in [1.82, 2.24) is 15.1 Å². The Balaban J connectivity index is 1.70. The Bertz CT molecular complexity index is 797. The van der Waals surface area contributed by atoms with Crippen LogP contribution in [-0.2, 0) is 0 Å². The van der Waals surface area contributed by atoms with Crippen molar-refractivity contribution in [3.8, 4) is 5.75 Å². The smallest absolute Gasteiger partial charge is 0.251 e. The van der Waals surface area contributed by atoms with Gasteiger partial charge in [0.25, 0.3) is 5.91 Å². The van der Waals surface area contributed by atoms with E-state index in [9.17, 15) is 4.79 Å². The second kappa shape index (κ2) is 10.5. The molecule has 162 valence electrons. The van der Waals surface area contributed by atoms with Crippen molar-refractivity contribution in [2.24, 2.45) is 0 Å². The van der Waals surface area contributed by atoms with Crippen molar-refractivity contribution in [1.29, 1.82) is 0 Å². The van der Waals surface area contributed by atoms with E-state index in [2.05, 4.69) is 51.3 Å². The Hall–Kier alpha value is -2.57. The van der Waals surface area contributed by atoms with Crippen LogP contribution in [-0.4, -0.2) is 76.2 Å². The zero-order valence-electron chi connectivity index (χ0n) is 18.6. The number of anilines is 1. The fraction of sp³-hybridized carbons (Fsp3) is 0.458. The summed E-state index contributed by atoms with van der Waals surface area (Å²) in [5.41, 5.74) is 3.06. The number of piperazine rings is 1. The Morgan fingerprint density at radius 2 is 1.67 bits per heavy atom. The van der Waals surface area contributed by atoms with E-state index in [1.165, 1.54) is 11.3 Å². The van der Waals surface area contributed by atoms with Gasteiger partial charge in [-0.25, -0.2) is 0 Å². The number of likely N-dealkylation sites (N-methyl/N-ethyl adjacent to an activating group) is 1. The first kappa shape index (κ1) is 22.1. The molecule has 1 aliphatic heterocycles. The van der Waals surface area contributed by atoms with Gasteiger partial charge in [-0.15, -0.1) is 0 Å². The molecule has 1 amide bonds. The molecule has 0 saturated carbocycles. The van der Waals surface area contributed by atoms with Crippen molar-refractivity contribution in [2.45, 2.75) is 13.0 Å². The molecule has 0 spiro atoms. The van der Waals surface area contributed by atoms with Gasteiger partial charge in [-0.3, -0.25) is 9.69 Å². The molecule has 1 fully saturated rings. The summed E-state index contributed by atoms with van der Waals surface area (Å²) in [7, 11) is 6.25. The van der Waals surface area contributed by atoms with Gasteiger partial charge >= 0.3 is 0 Å². The molecule has 0 aliphatic carbocycles. The third kappa shape index (κ3) is 5.74. The fourth-order valence-corrected chi connectivity index (χ4v) is 3.75. The number of carbonyl (C=O) groups is 1. The lowest BCUT2D eigenvalue weighted by Crippen LogP contribution is -2.48. The van der Waals surface area contributed by atoms with E-state index in [0.29, 0.717) is 18.7 Å². The van der Waals surface area contributed by atoms with E-state index in [1.54, 1.807) is 0 Å². The Morgan fingerprint density at radius 3 is 2.23 bits per heavy atom. The second-order valence-corrected chi connectivity index (χ2v) is 8.01. The minimum atomic E-state index is -0.0536. The van der Waals surface area contributed by atoms with Crippen LogP contribution in [0.4, 0.5) is 5.69 Å². The van der Waals surface area contributed by atoms with Crippen molar-refractivity contribution in [3.05, 3.63) is 59.7 Å². The standard InChI is InChI=1S/C24H34N4O2/c1-5-30-22-12-8-20(9-13-22)24(29)25-18-23(28-16-14-27(4)15-17-28)19-6-10-21(11-7-19)26(2)3/h6-13,23H,5,14-18H2,1-4H3,(H,25,29). The van der Waals surface area contributed by atoms with Gasteiger partial charge in [0.05, 0.1) is 12.6 Å². The number of hydrogen-bond acceptors (Lipinski definition) is 5. The fourth-order valence-electron chi connectivity index (χ4n) is 3.75. The molecule has 2 aromatic carbocycles. The normalized spacial score (nSPS) is 16.1. The number of nitrogens with one attached hydrogen (secondary N) is 1. The Morgan fingerprint density at radius 1 is 1.03 bits per heavy atom. The maximum absolute atomic E-state index is 12.7. The van der Waals surface area contributed by atoms with Gasteiger partial charge in [-0.1, -0.05) is 12.1 Å². The van der Waals surface area contributed by atoms with Crippen molar-refractivity contribution in [3.63, 3.8) is 0 Å². The molecule has 0 aromatic heterocycles. The SMILES string of the molecule is CCOc1ccc(C(=O)NCC(c2ccc(N(C)C)cc2)N2CCN(C)CC2)cc1. The number of nitrogens with zero attached hydrogens (tertiary/aromatic N) is 3. The van der Waals surface area contributed by atoms with Crippen LogP contribution in [0.3, 0.4) is 0 Å². The molecule has 6 heteroatoms. The lowest BCUT2D eigenvalue weighted by Gasteiger charge is -2.38. The summed E-state index contributed by atoms with van der Waals surface area (Å²) in [5.74, 6) is 0.729. The minimum absolute atomic E-state index is 0.0536. The van der Waals surface area contributed by atoms with Crippen LogP contribution in [0.2, 0.25) is 0 Å². The number of amides is 1. The Labute approximate surface area is 180 Å². The highest BCUT2D eigenvalue weighted by Gasteiger charge is 2.24. The van der Waals surface area contributed by atoms with Crippen molar-refractivity contribution >= 4 is 11.6 Å². The summed E-state index contributed by atoms with van der Waals surface area (Å²) >= 11 is 0. The third-order valence-electron chi connectivity index (χ3n) is 5.66. The largest absolute Gasteiger partial charge is 0.494 e. The van der Waals surface area contributed by atoms with Gasteiger partial charge in [0.15, 0.2) is 0 Å². The van der Waals surface area contributed by atoms with Gasteiger partial charge in [0, 0.05) is 58.1 Å². The highest BCUT2D eigenvalue weighted by Crippen LogP contribution is 2.24. The van der Waals surface area contributed by atoms with Crippen LogP contribution < -0.4 is 15.0 Å². The number of carbonyl (C=O) groups excluding carboxylic acids is 1. The van der Waals surface area contributed by atoms with Crippen LogP contribution in [0.5, 0.6) is 5.75 Å². The molecule has 1 unspecified atom stereocenters. The lowest BCUT2D eigenvalue weighted by atomic mass is 10.0. The molecule has 0 bridgehead atoms. The van der Waals surface area contributed by atoms with Gasteiger partial charge in [-0.05, 0) is 55.9 Å². The van der Waals surface area contributed by atoms with Gasteiger partial charge in [-0.2, -0.15) is 0 Å². The van der Waals surface area contributed by atoms with Gasteiger partial charge < -0.3 is 19.9 Å². The average molecular weight is 411 g/mol. The maximum atomic E-state index is 12.7. The molecule has 0 radical (unpaired) electrons. The van der Waals surface area contributed by atoms with Crippen LogP contribution in [0.1, 0.15) is 28.9 Å². The van der Waals surface area contributed by atoms with Crippen LogP contribution in [0, 0.1) is 0 Å². The number of ether oxygens (including phenoxy) is 1. The summed E-state index contributed by atoms with van der Waals surface area (Å²) in [6.45, 7) is 7.22. The van der Waals surface area contributed by atoms with E-state index < -0.39 is 0 Å². The third-order valence-corrected chi connectivity index (χ3v) is 5.66. The van der Waals surface area contributed by atoms with Gasteiger partial charge in [0.2, 0.25) is 0 Å². The summed E-state index contributed by atoms with van der Waals surface area (Å²) in [4.78, 5) is 19.7. The predicted octanol–water partition coefficient (Wildman–Crippen LogP) is 2.87. The van der Waals surface area contributed by atoms with E-state index in [1.807, 2.05) is 45.3 Å². The first-order valence-electron chi connectivity index (χ1n) is 10.7. The average Bonchev–Trinajstić information content (AvgIpc) is 2.76. The maximum Gasteiger partial charge on any atom is 0.251 e. The molecule has 1 N–H and O–H groups in total. The van der Waals surface area contributed by atoms with E-state index >= 15 is 0 Å². The topological polar surface area (TPSA) is 48.1 Å². The molecule has 1 heterocycles. The van der Waals surface area contributed by atoms with Crippen molar-refractivity contribution in [2.75, 3.05) is 65.4 Å². The molecule has 30 heavy (non-hydrogen) atoms. The zero-order valence-corrected chi connectivity index (χ0v) is 18.6. The molecule has 2 aromatic rings. The number of hydrogen-bond donors (Lipinski definition) is 1. The zero-order chi connectivity index (χ0) is 21.5. The molecular formula is C24H34N4O2. The molecular weight excluding hydrogens is 376 g/mol. The summed E-state index contributed by atoms with van der Waals surface area (Å²) in [5, 5.41) is 3.15. The monoisotopic (exact) mass is 410 g/mol. The Kier molecular flexibility index (Phi) is 7.71. The summed E-state index contributed by atoms with van der Waals surface area (Å²) in [6, 6.07) is 16.1. The van der Waals surface area contributed by atoms with Gasteiger partial charge in [0.1, 0.15) is 5.75 Å². The quantitative estimate of drug-likeness (QED) is 0.725. The highest BCUT2D eigenvalue weighted by molar-refractivity contribution is 5.94. The lowest BCUT2D eigenvalue weighted by molar-refractivity contribution is 0.0886. The van der Waals surface area contributed by atoms with Crippen molar-refractivity contribution < 1.29 is 9.53 Å². The summed E-state index contributed by atoms with van der Waals surface area (Å²) in [6.07, 6.45) is 0. The highest BCUT2D eigenvalue weighted by atomic mass is 16.5. The van der Waals surface area contributed by atoms with E-state index in [-0.39, 0.29) is 11.9 Å². The van der Waals surface area contributed by atoms with Crippen LogP contribution in [0.15, 0.2) is 48.5 Å². The molecule has 3 rings (SSSR count). The molecule has 1 saturated heterocycles. The first-order valence-corrected chi connectivity index (χ1v) is 10.7. The minimum Gasteiger partial charge on any atom is -0.494 e. The predicted molar refractivity (Wildman–Crippen MR) is 123 cm³/mol. The molecule has 6 nitrogen and oxygen atoms in total. The second-order valence-electron chi connectivity index (χ2n) is 8.01. The number of rotatable bonds is 8.